The van der Waals surface area contributed by atoms with E-state index in [0.717, 1.165) is 24.2 Å². The minimum Gasteiger partial charge on any atom is -0.383 e. The van der Waals surface area contributed by atoms with Gasteiger partial charge in [0.25, 0.3) is 0 Å². The molecule has 3 rings (SSSR count). The summed E-state index contributed by atoms with van der Waals surface area (Å²) in [6, 6.07) is 10.9. The second-order valence-corrected chi connectivity index (χ2v) is 7.00. The number of thioether (sulfide) groups is 1. The predicted octanol–water partition coefficient (Wildman–Crippen LogP) is 3.14. The second kappa shape index (κ2) is 5.62. The Labute approximate surface area is 124 Å². The molecule has 0 aliphatic carbocycles. The van der Waals surface area contributed by atoms with Gasteiger partial charge >= 0.3 is 0 Å². The van der Waals surface area contributed by atoms with E-state index in [1.165, 1.54) is 11.1 Å². The van der Waals surface area contributed by atoms with Gasteiger partial charge in [-0.1, -0.05) is 25.1 Å². The average molecular weight is 287 g/mol. The van der Waals surface area contributed by atoms with E-state index in [4.69, 9.17) is 5.73 Å². The molecule has 0 spiro atoms. The highest BCUT2D eigenvalue weighted by Crippen LogP contribution is 2.27. The van der Waals surface area contributed by atoms with Crippen LogP contribution in [-0.4, -0.2) is 33.5 Å². The fourth-order valence-electron chi connectivity index (χ4n) is 2.74. The minimum absolute atomic E-state index is 0.583. The van der Waals surface area contributed by atoms with Crippen molar-refractivity contribution in [1.29, 1.82) is 0 Å². The van der Waals surface area contributed by atoms with Crippen LogP contribution < -0.4 is 5.73 Å². The van der Waals surface area contributed by atoms with Crippen molar-refractivity contribution >= 4 is 28.5 Å². The third-order valence-corrected chi connectivity index (χ3v) is 5.56. The van der Waals surface area contributed by atoms with Crippen LogP contribution in [0.3, 0.4) is 0 Å². The van der Waals surface area contributed by atoms with Gasteiger partial charge in [0, 0.05) is 41.1 Å². The second-order valence-electron chi connectivity index (χ2n) is 5.51. The van der Waals surface area contributed by atoms with Crippen molar-refractivity contribution in [2.24, 2.45) is 0 Å². The zero-order valence-electron chi connectivity index (χ0n) is 12.0. The van der Waals surface area contributed by atoms with Crippen molar-refractivity contribution < 1.29 is 0 Å². The Hall–Kier alpha value is -1.26. The molecule has 2 N–H and O–H groups in total. The van der Waals surface area contributed by atoms with E-state index in [2.05, 4.69) is 47.6 Å². The van der Waals surface area contributed by atoms with Gasteiger partial charge in [0.05, 0.1) is 5.52 Å². The summed E-state index contributed by atoms with van der Waals surface area (Å²) < 4.78 is 0. The lowest BCUT2D eigenvalue weighted by Crippen LogP contribution is -2.44. The largest absolute Gasteiger partial charge is 0.383 e. The molecule has 106 valence electrons. The number of para-hydroxylation sites is 1. The van der Waals surface area contributed by atoms with E-state index >= 15 is 0 Å². The van der Waals surface area contributed by atoms with E-state index in [0.29, 0.717) is 17.1 Å². The number of anilines is 1. The first-order valence-corrected chi connectivity index (χ1v) is 8.20. The summed E-state index contributed by atoms with van der Waals surface area (Å²) in [5.74, 6) is 1.87. The molecule has 2 atom stereocenters. The molecule has 1 aliphatic heterocycles. The van der Waals surface area contributed by atoms with Gasteiger partial charge in [0.2, 0.25) is 0 Å². The monoisotopic (exact) mass is 287 g/mol. The molecule has 1 aromatic carbocycles. The molecule has 1 fully saturated rings. The number of hydrogen-bond donors (Lipinski definition) is 1. The smallest absolute Gasteiger partial charge is 0.128 e. The van der Waals surface area contributed by atoms with Crippen molar-refractivity contribution in [3.63, 3.8) is 0 Å². The zero-order chi connectivity index (χ0) is 14.1. The van der Waals surface area contributed by atoms with Crippen molar-refractivity contribution in [3.05, 3.63) is 35.9 Å². The number of rotatable bonds is 2. The zero-order valence-corrected chi connectivity index (χ0v) is 12.9. The maximum Gasteiger partial charge on any atom is 0.128 e. The first kappa shape index (κ1) is 13.7. The summed E-state index contributed by atoms with van der Waals surface area (Å²) >= 11 is 2.06. The average Bonchev–Trinajstić information content (AvgIpc) is 2.44. The van der Waals surface area contributed by atoms with Crippen LogP contribution in [0.25, 0.3) is 10.9 Å². The summed E-state index contributed by atoms with van der Waals surface area (Å²) in [5, 5.41) is 1.85. The summed E-state index contributed by atoms with van der Waals surface area (Å²) in [6.45, 7) is 6.64. The number of nitrogen functional groups attached to an aromatic ring is 1. The molecule has 1 aromatic heterocycles. The Morgan fingerprint density at radius 1 is 1.35 bits per heavy atom. The standard InChI is InChI=1S/C16H21N3S/c1-11-12(2)20-8-7-19(11)10-14-9-13-5-3-4-6-15(13)18-16(14)17/h3-6,9,11-12H,7-8,10H2,1-2H3,(H2,17,18). The quantitative estimate of drug-likeness (QED) is 0.921. The number of aromatic nitrogens is 1. The van der Waals surface area contributed by atoms with Gasteiger partial charge in [-0.3, -0.25) is 4.90 Å². The SMILES string of the molecule is CC1SCCN(Cc2cc3ccccc3nc2N)C1C. The van der Waals surface area contributed by atoms with Crippen LogP contribution in [0.5, 0.6) is 0 Å². The summed E-state index contributed by atoms with van der Waals surface area (Å²) in [7, 11) is 0. The van der Waals surface area contributed by atoms with E-state index in [9.17, 15) is 0 Å². The molecular formula is C16H21N3S. The first-order valence-electron chi connectivity index (χ1n) is 7.15. The number of hydrogen-bond acceptors (Lipinski definition) is 4. The minimum atomic E-state index is 0.583. The molecular weight excluding hydrogens is 266 g/mol. The topological polar surface area (TPSA) is 42.2 Å². The lowest BCUT2D eigenvalue weighted by Gasteiger charge is -2.37. The van der Waals surface area contributed by atoms with Crippen molar-refractivity contribution in [3.8, 4) is 0 Å². The predicted molar refractivity (Wildman–Crippen MR) is 87.9 cm³/mol. The van der Waals surface area contributed by atoms with Crippen LogP contribution in [0.15, 0.2) is 30.3 Å². The first-order chi connectivity index (χ1) is 9.65. The number of benzene rings is 1. The van der Waals surface area contributed by atoms with Crippen LogP contribution in [0, 0.1) is 0 Å². The van der Waals surface area contributed by atoms with Crippen molar-refractivity contribution in [2.45, 2.75) is 31.7 Å². The van der Waals surface area contributed by atoms with Crippen LogP contribution in [0.2, 0.25) is 0 Å². The highest BCUT2D eigenvalue weighted by molar-refractivity contribution is 8.00. The maximum absolute atomic E-state index is 6.14. The third kappa shape index (κ3) is 2.63. The summed E-state index contributed by atoms with van der Waals surface area (Å²) in [5.41, 5.74) is 8.27. The van der Waals surface area contributed by atoms with Gasteiger partial charge in [0.15, 0.2) is 0 Å². The molecule has 1 aliphatic rings. The number of nitrogens with two attached hydrogens (primary N) is 1. The Balaban J connectivity index is 1.88. The molecule has 2 heterocycles. The molecule has 2 unspecified atom stereocenters. The molecule has 20 heavy (non-hydrogen) atoms. The Morgan fingerprint density at radius 3 is 3.00 bits per heavy atom. The molecule has 0 saturated carbocycles. The van der Waals surface area contributed by atoms with Gasteiger partial charge in [-0.15, -0.1) is 0 Å². The van der Waals surface area contributed by atoms with Gasteiger partial charge < -0.3 is 5.73 Å². The third-order valence-electron chi connectivity index (χ3n) is 4.22. The number of pyridine rings is 1. The highest BCUT2D eigenvalue weighted by Gasteiger charge is 2.25. The van der Waals surface area contributed by atoms with Gasteiger partial charge in [0.1, 0.15) is 5.82 Å². The van der Waals surface area contributed by atoms with Gasteiger partial charge in [-0.2, -0.15) is 11.8 Å². The molecule has 1 saturated heterocycles. The van der Waals surface area contributed by atoms with Crippen molar-refractivity contribution in [1.82, 2.24) is 9.88 Å². The van der Waals surface area contributed by atoms with Crippen LogP contribution in [0.1, 0.15) is 19.4 Å². The molecule has 3 nitrogen and oxygen atoms in total. The van der Waals surface area contributed by atoms with E-state index < -0.39 is 0 Å². The van der Waals surface area contributed by atoms with Gasteiger partial charge in [-0.05, 0) is 19.1 Å². The molecule has 4 heteroatoms. The maximum atomic E-state index is 6.14. The fourth-order valence-corrected chi connectivity index (χ4v) is 3.90. The molecule has 2 aromatic rings. The molecule has 0 radical (unpaired) electrons. The highest BCUT2D eigenvalue weighted by atomic mass is 32.2. The van der Waals surface area contributed by atoms with Gasteiger partial charge in [-0.25, -0.2) is 4.98 Å². The Morgan fingerprint density at radius 2 is 2.15 bits per heavy atom. The van der Waals surface area contributed by atoms with Crippen LogP contribution in [-0.2, 0) is 6.54 Å². The van der Waals surface area contributed by atoms with E-state index in [1.54, 1.807) is 0 Å². The lowest BCUT2D eigenvalue weighted by atomic mass is 10.1. The molecule has 0 bridgehead atoms. The Bertz CT molecular complexity index is 614. The van der Waals surface area contributed by atoms with E-state index in [1.807, 2.05) is 18.2 Å². The molecule has 0 amide bonds. The van der Waals surface area contributed by atoms with Crippen molar-refractivity contribution in [2.75, 3.05) is 18.0 Å². The Kier molecular flexibility index (Phi) is 3.85. The summed E-state index contributed by atoms with van der Waals surface area (Å²) in [4.78, 5) is 7.05. The van der Waals surface area contributed by atoms with Crippen LogP contribution in [0.4, 0.5) is 5.82 Å². The number of nitrogens with zero attached hydrogens (tertiary/aromatic N) is 2. The lowest BCUT2D eigenvalue weighted by molar-refractivity contribution is 0.205. The normalized spacial score (nSPS) is 24.1. The van der Waals surface area contributed by atoms with Crippen LogP contribution >= 0.6 is 11.8 Å². The number of fused-ring (bicyclic) bond motifs is 1. The van der Waals surface area contributed by atoms with E-state index in [-0.39, 0.29) is 0 Å². The fraction of sp³-hybridized carbons (Fsp3) is 0.438. The summed E-state index contributed by atoms with van der Waals surface area (Å²) in [6.07, 6.45) is 0.